The fraction of sp³-hybridized carbons (Fsp3) is 0.0435. The van der Waals surface area contributed by atoms with Crippen molar-refractivity contribution in [3.8, 4) is 11.5 Å². The van der Waals surface area contributed by atoms with Crippen LogP contribution < -0.4 is 15.7 Å². The van der Waals surface area contributed by atoms with Gasteiger partial charge in [0.2, 0.25) is 0 Å². The van der Waals surface area contributed by atoms with Crippen LogP contribution in [0.5, 0.6) is 11.5 Å². The van der Waals surface area contributed by atoms with E-state index in [1.807, 2.05) is 6.07 Å². The van der Waals surface area contributed by atoms with Crippen LogP contribution in [-0.2, 0) is 6.54 Å². The van der Waals surface area contributed by atoms with E-state index < -0.39 is 11.5 Å². The Hall–Kier alpha value is -3.93. The smallest absolute Gasteiger partial charge is 0.349 e. The topological polar surface area (TPSA) is 68.5 Å². The van der Waals surface area contributed by atoms with Crippen molar-refractivity contribution < 1.29 is 18.3 Å². The summed E-state index contributed by atoms with van der Waals surface area (Å²) in [5, 5.41) is 3.39. The van der Waals surface area contributed by atoms with E-state index in [1.165, 1.54) is 30.3 Å². The van der Waals surface area contributed by atoms with Crippen molar-refractivity contribution in [2.24, 2.45) is 0 Å². The van der Waals surface area contributed by atoms with E-state index in [4.69, 9.17) is 9.15 Å². The summed E-state index contributed by atoms with van der Waals surface area (Å²) in [6.45, 7) is 0.200. The molecule has 0 aliphatic rings. The van der Waals surface area contributed by atoms with Crippen LogP contribution in [0.1, 0.15) is 15.9 Å². The Bertz CT molecular complexity index is 1230. The summed E-state index contributed by atoms with van der Waals surface area (Å²) in [5.74, 6) is 0.191. The van der Waals surface area contributed by atoms with E-state index in [2.05, 4.69) is 5.32 Å². The number of fused-ring (bicyclic) bond motifs is 1. The molecule has 0 spiro atoms. The first-order valence-electron chi connectivity index (χ1n) is 8.92. The van der Waals surface area contributed by atoms with Gasteiger partial charge in [0.1, 0.15) is 28.5 Å². The molecule has 0 fully saturated rings. The maximum Gasteiger partial charge on any atom is 0.349 e. The van der Waals surface area contributed by atoms with Crippen molar-refractivity contribution in [3.05, 3.63) is 106 Å². The van der Waals surface area contributed by atoms with Gasteiger partial charge in [-0.2, -0.15) is 0 Å². The second kappa shape index (κ2) is 7.98. The summed E-state index contributed by atoms with van der Waals surface area (Å²) < 4.78 is 23.9. The van der Waals surface area contributed by atoms with Crippen LogP contribution in [0.3, 0.4) is 0 Å². The largest absolute Gasteiger partial charge is 0.457 e. The van der Waals surface area contributed by atoms with E-state index in [0.29, 0.717) is 22.5 Å². The molecule has 29 heavy (non-hydrogen) atoms. The van der Waals surface area contributed by atoms with Crippen molar-refractivity contribution in [1.82, 2.24) is 5.32 Å². The van der Waals surface area contributed by atoms with Gasteiger partial charge in [0.05, 0.1) is 0 Å². The number of ether oxygens (including phenoxy) is 1. The molecule has 0 atom stereocenters. The standard InChI is InChI=1S/C23H16FNO4/c24-17-8-10-18(11-9-17)28-19-6-3-4-15(12-19)14-25-22(26)20-13-16-5-1-2-7-21(16)29-23(20)27/h1-13H,14H2,(H,25,26). The number of rotatable bonds is 5. The summed E-state index contributed by atoms with van der Waals surface area (Å²) in [5.41, 5.74) is 0.472. The molecule has 0 radical (unpaired) electrons. The minimum Gasteiger partial charge on any atom is -0.457 e. The predicted octanol–water partition coefficient (Wildman–Crippen LogP) is 4.65. The number of carbonyl (C=O) groups excluding carboxylic acids is 1. The minimum absolute atomic E-state index is 0.0533. The first kappa shape index (κ1) is 18.4. The third-order valence-electron chi connectivity index (χ3n) is 4.29. The lowest BCUT2D eigenvalue weighted by Crippen LogP contribution is -2.27. The number of benzene rings is 3. The summed E-state index contributed by atoms with van der Waals surface area (Å²) in [6.07, 6.45) is 0. The highest BCUT2D eigenvalue weighted by atomic mass is 19.1. The monoisotopic (exact) mass is 389 g/mol. The lowest BCUT2D eigenvalue weighted by molar-refractivity contribution is 0.0947. The zero-order valence-electron chi connectivity index (χ0n) is 15.2. The van der Waals surface area contributed by atoms with Crippen LogP contribution in [0.25, 0.3) is 11.0 Å². The highest BCUT2D eigenvalue weighted by molar-refractivity contribution is 5.96. The predicted molar refractivity (Wildman–Crippen MR) is 107 cm³/mol. The van der Waals surface area contributed by atoms with Gasteiger partial charge in [-0.1, -0.05) is 30.3 Å². The van der Waals surface area contributed by atoms with Crippen molar-refractivity contribution in [2.45, 2.75) is 6.54 Å². The van der Waals surface area contributed by atoms with Crippen molar-refractivity contribution in [3.63, 3.8) is 0 Å². The highest BCUT2D eigenvalue weighted by Crippen LogP contribution is 2.22. The van der Waals surface area contributed by atoms with Crippen molar-refractivity contribution >= 4 is 16.9 Å². The van der Waals surface area contributed by atoms with Gasteiger partial charge >= 0.3 is 5.63 Å². The van der Waals surface area contributed by atoms with Crippen molar-refractivity contribution in [2.75, 3.05) is 0 Å². The fourth-order valence-corrected chi connectivity index (χ4v) is 2.86. The Morgan fingerprint density at radius 2 is 1.72 bits per heavy atom. The van der Waals surface area contributed by atoms with Crippen LogP contribution >= 0.6 is 0 Å². The second-order valence-electron chi connectivity index (χ2n) is 6.37. The van der Waals surface area contributed by atoms with Crippen LogP contribution in [0.2, 0.25) is 0 Å². The zero-order chi connectivity index (χ0) is 20.2. The molecule has 144 valence electrons. The quantitative estimate of drug-likeness (QED) is 0.504. The molecule has 1 amide bonds. The summed E-state index contributed by atoms with van der Waals surface area (Å²) in [6, 6.07) is 21.3. The summed E-state index contributed by atoms with van der Waals surface area (Å²) in [4.78, 5) is 24.5. The molecule has 3 aromatic carbocycles. The molecule has 0 saturated carbocycles. The van der Waals surface area contributed by atoms with Gasteiger partial charge in [0.25, 0.3) is 5.91 Å². The number of amides is 1. The Morgan fingerprint density at radius 3 is 2.55 bits per heavy atom. The molecule has 0 bridgehead atoms. The Balaban J connectivity index is 1.46. The fourth-order valence-electron chi connectivity index (χ4n) is 2.86. The Morgan fingerprint density at radius 1 is 0.931 bits per heavy atom. The number of hydrogen-bond donors (Lipinski definition) is 1. The van der Waals surface area contributed by atoms with E-state index in [-0.39, 0.29) is 17.9 Å². The van der Waals surface area contributed by atoms with E-state index in [1.54, 1.807) is 42.5 Å². The molecular formula is C23H16FNO4. The van der Waals surface area contributed by atoms with Gasteiger partial charge in [0.15, 0.2) is 0 Å². The van der Waals surface area contributed by atoms with Crippen LogP contribution in [0, 0.1) is 5.82 Å². The SMILES string of the molecule is O=C(NCc1cccc(Oc2ccc(F)cc2)c1)c1cc2ccccc2oc1=O. The molecule has 1 N–H and O–H groups in total. The number of nitrogens with one attached hydrogen (secondary N) is 1. The van der Waals surface area contributed by atoms with Crippen LogP contribution in [0.15, 0.2) is 88.1 Å². The van der Waals surface area contributed by atoms with Gasteiger partial charge in [-0.25, -0.2) is 9.18 Å². The second-order valence-corrected chi connectivity index (χ2v) is 6.37. The van der Waals surface area contributed by atoms with E-state index in [0.717, 1.165) is 5.56 Å². The van der Waals surface area contributed by atoms with Gasteiger partial charge in [-0.05, 0) is 54.1 Å². The summed E-state index contributed by atoms with van der Waals surface area (Å²) in [7, 11) is 0. The minimum atomic E-state index is -0.686. The van der Waals surface area contributed by atoms with Gasteiger partial charge in [-0.3, -0.25) is 4.79 Å². The number of carbonyl (C=O) groups is 1. The number of hydrogen-bond acceptors (Lipinski definition) is 4. The molecule has 1 aromatic heterocycles. The Labute approximate surface area is 165 Å². The molecule has 4 aromatic rings. The third-order valence-corrected chi connectivity index (χ3v) is 4.29. The summed E-state index contributed by atoms with van der Waals surface area (Å²) >= 11 is 0. The van der Waals surface area contributed by atoms with Crippen LogP contribution in [-0.4, -0.2) is 5.91 Å². The molecule has 4 rings (SSSR count). The van der Waals surface area contributed by atoms with Gasteiger partial charge in [-0.15, -0.1) is 0 Å². The first-order valence-corrected chi connectivity index (χ1v) is 8.92. The molecule has 0 unspecified atom stereocenters. The number of para-hydroxylation sites is 1. The first-order chi connectivity index (χ1) is 14.1. The molecule has 1 heterocycles. The molecule has 0 aliphatic heterocycles. The lowest BCUT2D eigenvalue weighted by atomic mass is 10.1. The highest BCUT2D eigenvalue weighted by Gasteiger charge is 2.13. The Kier molecular flexibility index (Phi) is 5.07. The van der Waals surface area contributed by atoms with Crippen molar-refractivity contribution in [1.29, 1.82) is 0 Å². The molecule has 6 heteroatoms. The zero-order valence-corrected chi connectivity index (χ0v) is 15.2. The molecular weight excluding hydrogens is 373 g/mol. The molecule has 5 nitrogen and oxygen atoms in total. The van der Waals surface area contributed by atoms with Gasteiger partial charge < -0.3 is 14.5 Å². The van der Waals surface area contributed by atoms with Gasteiger partial charge in [0, 0.05) is 11.9 Å². The third kappa shape index (κ3) is 4.32. The maximum atomic E-state index is 13.0. The lowest BCUT2D eigenvalue weighted by Gasteiger charge is -2.09. The van der Waals surface area contributed by atoms with E-state index in [9.17, 15) is 14.0 Å². The molecule has 0 saturated heterocycles. The number of halogens is 1. The normalized spacial score (nSPS) is 10.7. The van der Waals surface area contributed by atoms with E-state index >= 15 is 0 Å². The van der Waals surface area contributed by atoms with Crippen LogP contribution in [0.4, 0.5) is 4.39 Å². The average molecular weight is 389 g/mol. The average Bonchev–Trinajstić information content (AvgIpc) is 2.73. The maximum absolute atomic E-state index is 13.0. The molecule has 0 aliphatic carbocycles.